The van der Waals surface area contributed by atoms with Crippen LogP contribution in [-0.2, 0) is 19.6 Å². The molecule has 0 radical (unpaired) electrons. The van der Waals surface area contributed by atoms with Gasteiger partial charge in [-0.15, -0.1) is 0 Å². The Morgan fingerprint density at radius 1 is 0.889 bits per heavy atom. The summed E-state index contributed by atoms with van der Waals surface area (Å²) in [5, 5.41) is 5.29. The van der Waals surface area contributed by atoms with Gasteiger partial charge in [-0.05, 0) is 55.3 Å². The van der Waals surface area contributed by atoms with Crippen molar-refractivity contribution in [2.24, 2.45) is 0 Å². The second kappa shape index (κ2) is 8.68. The van der Waals surface area contributed by atoms with E-state index in [1.54, 1.807) is 18.2 Å². The Bertz CT molecular complexity index is 935. The number of aryl methyl sites for hydroxylation is 2. The Kier molecular flexibility index (Phi) is 6.57. The Balaban J connectivity index is 1.94. The smallest absolute Gasteiger partial charge is 0.233 e. The SMILES string of the molecule is CC(=O)Nc1cccc(NS(=O)(=O)CCC(=O)Nc2cc(C)cc(C)c2)c1. The van der Waals surface area contributed by atoms with Crippen molar-refractivity contribution in [2.75, 3.05) is 21.1 Å². The molecule has 7 nitrogen and oxygen atoms in total. The Morgan fingerprint density at radius 2 is 1.52 bits per heavy atom. The van der Waals surface area contributed by atoms with Crippen LogP contribution in [0, 0.1) is 13.8 Å². The van der Waals surface area contributed by atoms with Crippen molar-refractivity contribution >= 4 is 38.9 Å². The summed E-state index contributed by atoms with van der Waals surface area (Å²) in [5.41, 5.74) is 3.47. The van der Waals surface area contributed by atoms with Crippen LogP contribution >= 0.6 is 0 Å². The van der Waals surface area contributed by atoms with Gasteiger partial charge >= 0.3 is 0 Å². The molecule has 0 aliphatic rings. The maximum Gasteiger partial charge on any atom is 0.233 e. The number of carbonyl (C=O) groups is 2. The predicted molar refractivity (Wildman–Crippen MR) is 107 cm³/mol. The zero-order chi connectivity index (χ0) is 20.0. The molecule has 2 amide bonds. The Hall–Kier alpha value is -2.87. The summed E-state index contributed by atoms with van der Waals surface area (Å²) < 4.78 is 26.9. The number of hydrogen-bond donors (Lipinski definition) is 3. The molecule has 2 aromatic rings. The topological polar surface area (TPSA) is 104 Å². The number of amides is 2. The lowest BCUT2D eigenvalue weighted by molar-refractivity contribution is -0.116. The maximum atomic E-state index is 12.2. The van der Waals surface area contributed by atoms with Crippen molar-refractivity contribution in [3.8, 4) is 0 Å². The molecule has 3 N–H and O–H groups in total. The average Bonchev–Trinajstić information content (AvgIpc) is 2.51. The van der Waals surface area contributed by atoms with Crippen molar-refractivity contribution in [1.82, 2.24) is 0 Å². The highest BCUT2D eigenvalue weighted by atomic mass is 32.2. The van der Waals surface area contributed by atoms with Crippen LogP contribution in [0.5, 0.6) is 0 Å². The molecular formula is C19H23N3O4S. The first-order valence-electron chi connectivity index (χ1n) is 8.39. The molecule has 8 heteroatoms. The first-order valence-corrected chi connectivity index (χ1v) is 10.0. The van der Waals surface area contributed by atoms with E-state index in [0.717, 1.165) is 11.1 Å². The lowest BCUT2D eigenvalue weighted by atomic mass is 10.1. The summed E-state index contributed by atoms with van der Waals surface area (Å²) in [6.07, 6.45) is -0.173. The molecule has 0 unspecified atom stereocenters. The number of sulfonamides is 1. The van der Waals surface area contributed by atoms with E-state index in [2.05, 4.69) is 15.4 Å². The Labute approximate surface area is 159 Å². The number of hydrogen-bond acceptors (Lipinski definition) is 4. The minimum atomic E-state index is -3.71. The van der Waals surface area contributed by atoms with Gasteiger partial charge < -0.3 is 10.6 Å². The fourth-order valence-electron chi connectivity index (χ4n) is 2.59. The highest BCUT2D eigenvalue weighted by Gasteiger charge is 2.14. The van der Waals surface area contributed by atoms with E-state index in [1.165, 1.54) is 13.0 Å². The minimum Gasteiger partial charge on any atom is -0.326 e. The van der Waals surface area contributed by atoms with Crippen molar-refractivity contribution in [3.05, 3.63) is 53.6 Å². The molecule has 0 spiro atoms. The first kappa shape index (κ1) is 20.4. The van der Waals surface area contributed by atoms with Gasteiger partial charge in [-0.2, -0.15) is 0 Å². The second-order valence-electron chi connectivity index (χ2n) is 6.36. The predicted octanol–water partition coefficient (Wildman–Crippen LogP) is 3.03. The third-order valence-corrected chi connectivity index (χ3v) is 4.85. The van der Waals surface area contributed by atoms with E-state index in [9.17, 15) is 18.0 Å². The van der Waals surface area contributed by atoms with Gasteiger partial charge in [0.05, 0.1) is 11.4 Å². The van der Waals surface area contributed by atoms with Gasteiger partial charge in [0.2, 0.25) is 21.8 Å². The standard InChI is InChI=1S/C19H23N3O4S/c1-13-9-14(2)11-18(10-13)21-19(24)7-8-27(25,26)22-17-6-4-5-16(12-17)20-15(3)23/h4-6,9-12,22H,7-8H2,1-3H3,(H,20,23)(H,21,24). The summed E-state index contributed by atoms with van der Waals surface area (Å²) in [4.78, 5) is 23.1. The number of nitrogens with one attached hydrogen (secondary N) is 3. The van der Waals surface area contributed by atoms with Crippen LogP contribution in [0.25, 0.3) is 0 Å². The van der Waals surface area contributed by atoms with Crippen molar-refractivity contribution < 1.29 is 18.0 Å². The summed E-state index contributed by atoms with van der Waals surface area (Å²) in [6, 6.07) is 12.0. The zero-order valence-electron chi connectivity index (χ0n) is 15.5. The minimum absolute atomic E-state index is 0.173. The van der Waals surface area contributed by atoms with Gasteiger partial charge in [0.1, 0.15) is 0 Å². The summed E-state index contributed by atoms with van der Waals surface area (Å²) in [7, 11) is -3.71. The normalized spacial score (nSPS) is 10.9. The molecule has 0 heterocycles. The highest BCUT2D eigenvalue weighted by molar-refractivity contribution is 7.92. The average molecular weight is 389 g/mol. The quantitative estimate of drug-likeness (QED) is 0.677. The molecule has 0 fully saturated rings. The summed E-state index contributed by atoms with van der Waals surface area (Å²) >= 11 is 0. The fourth-order valence-corrected chi connectivity index (χ4v) is 3.63. The molecule has 2 rings (SSSR count). The molecule has 0 aliphatic heterocycles. The molecule has 0 aromatic heterocycles. The molecular weight excluding hydrogens is 366 g/mol. The maximum absolute atomic E-state index is 12.2. The number of benzene rings is 2. The van der Waals surface area contributed by atoms with E-state index in [1.807, 2.05) is 32.0 Å². The van der Waals surface area contributed by atoms with E-state index < -0.39 is 10.0 Å². The summed E-state index contributed by atoms with van der Waals surface area (Å²) in [6.45, 7) is 5.21. The van der Waals surface area contributed by atoms with Crippen LogP contribution in [0.2, 0.25) is 0 Å². The third-order valence-electron chi connectivity index (χ3n) is 3.56. The van der Waals surface area contributed by atoms with Gasteiger partial charge in [-0.3, -0.25) is 14.3 Å². The molecule has 27 heavy (non-hydrogen) atoms. The van der Waals surface area contributed by atoms with Crippen LogP contribution in [0.1, 0.15) is 24.5 Å². The van der Waals surface area contributed by atoms with E-state index in [0.29, 0.717) is 17.1 Å². The lowest BCUT2D eigenvalue weighted by Crippen LogP contribution is -2.22. The third kappa shape index (κ3) is 7.10. The summed E-state index contributed by atoms with van der Waals surface area (Å²) in [5.74, 6) is -0.982. The molecule has 2 aromatic carbocycles. The second-order valence-corrected chi connectivity index (χ2v) is 8.20. The van der Waals surface area contributed by atoms with Crippen LogP contribution in [0.15, 0.2) is 42.5 Å². The number of carbonyl (C=O) groups excluding carboxylic acids is 2. The van der Waals surface area contributed by atoms with E-state index in [-0.39, 0.29) is 24.0 Å². The van der Waals surface area contributed by atoms with Crippen molar-refractivity contribution in [1.29, 1.82) is 0 Å². The lowest BCUT2D eigenvalue weighted by Gasteiger charge is -2.10. The molecule has 0 saturated heterocycles. The fraction of sp³-hybridized carbons (Fsp3) is 0.263. The van der Waals surface area contributed by atoms with Crippen LogP contribution < -0.4 is 15.4 Å². The van der Waals surface area contributed by atoms with Crippen LogP contribution in [-0.4, -0.2) is 26.0 Å². The molecule has 144 valence electrons. The van der Waals surface area contributed by atoms with Gasteiger partial charge in [-0.1, -0.05) is 12.1 Å². The first-order chi connectivity index (χ1) is 12.6. The van der Waals surface area contributed by atoms with E-state index >= 15 is 0 Å². The van der Waals surface area contributed by atoms with Crippen LogP contribution in [0.3, 0.4) is 0 Å². The van der Waals surface area contributed by atoms with Crippen molar-refractivity contribution in [2.45, 2.75) is 27.2 Å². The highest BCUT2D eigenvalue weighted by Crippen LogP contribution is 2.17. The zero-order valence-corrected chi connectivity index (χ0v) is 16.3. The van der Waals surface area contributed by atoms with Gasteiger partial charge in [0.15, 0.2) is 0 Å². The van der Waals surface area contributed by atoms with Gasteiger partial charge in [0.25, 0.3) is 0 Å². The molecule has 0 saturated carbocycles. The molecule has 0 atom stereocenters. The van der Waals surface area contributed by atoms with Crippen molar-refractivity contribution in [3.63, 3.8) is 0 Å². The van der Waals surface area contributed by atoms with Crippen LogP contribution in [0.4, 0.5) is 17.1 Å². The van der Waals surface area contributed by atoms with Gasteiger partial charge in [-0.25, -0.2) is 8.42 Å². The molecule has 0 bridgehead atoms. The number of anilines is 3. The van der Waals surface area contributed by atoms with Gasteiger partial charge in [0, 0.05) is 24.7 Å². The Morgan fingerprint density at radius 3 is 2.15 bits per heavy atom. The monoisotopic (exact) mass is 389 g/mol. The number of rotatable bonds is 7. The van der Waals surface area contributed by atoms with E-state index in [4.69, 9.17) is 0 Å². The molecule has 0 aliphatic carbocycles. The largest absolute Gasteiger partial charge is 0.326 e.